The summed E-state index contributed by atoms with van der Waals surface area (Å²) < 4.78 is 10.5. The van der Waals surface area contributed by atoms with Crippen LogP contribution in [0.25, 0.3) is 17.2 Å². The maximum atomic E-state index is 12.4. The summed E-state index contributed by atoms with van der Waals surface area (Å²) in [5.74, 6) is 1.13. The number of anilines is 1. The highest BCUT2D eigenvalue weighted by atomic mass is 16.5. The lowest BCUT2D eigenvalue weighted by atomic mass is 10.0. The Balaban J connectivity index is 1.78. The highest BCUT2D eigenvalue weighted by Crippen LogP contribution is 2.28. The van der Waals surface area contributed by atoms with Gasteiger partial charge in [0.15, 0.2) is 0 Å². The molecular weight excluding hydrogens is 338 g/mol. The van der Waals surface area contributed by atoms with E-state index in [1.165, 1.54) is 6.08 Å². The molecule has 27 heavy (non-hydrogen) atoms. The van der Waals surface area contributed by atoms with E-state index in [1.54, 1.807) is 26.4 Å². The highest BCUT2D eigenvalue weighted by molar-refractivity contribution is 6.04. The van der Waals surface area contributed by atoms with Crippen molar-refractivity contribution in [3.63, 3.8) is 0 Å². The van der Waals surface area contributed by atoms with E-state index in [-0.39, 0.29) is 5.91 Å². The zero-order chi connectivity index (χ0) is 19.1. The van der Waals surface area contributed by atoms with E-state index in [0.29, 0.717) is 11.5 Å². The third-order valence-electron chi connectivity index (χ3n) is 4.12. The first kappa shape index (κ1) is 18.3. The van der Waals surface area contributed by atoms with Crippen LogP contribution in [0.4, 0.5) is 5.69 Å². The van der Waals surface area contributed by atoms with Crippen LogP contribution in [0.5, 0.6) is 11.5 Å². The van der Waals surface area contributed by atoms with Gasteiger partial charge in [0.05, 0.1) is 14.2 Å². The normalized spacial score (nSPS) is 10.6. The molecule has 0 aliphatic carbocycles. The van der Waals surface area contributed by atoms with Crippen LogP contribution in [-0.4, -0.2) is 20.1 Å². The number of rotatable bonds is 6. The van der Waals surface area contributed by atoms with Gasteiger partial charge in [-0.1, -0.05) is 48.5 Å². The molecule has 1 amide bonds. The summed E-state index contributed by atoms with van der Waals surface area (Å²) in [5.41, 5.74) is 3.58. The Morgan fingerprint density at radius 1 is 0.889 bits per heavy atom. The number of methoxy groups -OCH3 is 2. The van der Waals surface area contributed by atoms with Gasteiger partial charge in [0.25, 0.3) is 0 Å². The Morgan fingerprint density at radius 2 is 1.63 bits per heavy atom. The summed E-state index contributed by atoms with van der Waals surface area (Å²) in [5, 5.41) is 2.95. The van der Waals surface area contributed by atoms with Crippen molar-refractivity contribution in [2.24, 2.45) is 0 Å². The summed E-state index contributed by atoms with van der Waals surface area (Å²) in [6.07, 6.45) is 3.21. The molecule has 0 atom stereocenters. The number of para-hydroxylation sites is 1. The molecular formula is C23H21NO3. The standard InChI is InChI=1S/C23H21NO3/c1-26-19-14-12-18(22(16-19)27-2)13-15-23(25)24-21-11-7-6-10-20(21)17-8-4-3-5-9-17/h3-16H,1-2H3,(H,24,25)/b15-13+. The molecule has 136 valence electrons. The van der Waals surface area contributed by atoms with Crippen LogP contribution >= 0.6 is 0 Å². The Morgan fingerprint density at radius 3 is 2.37 bits per heavy atom. The predicted molar refractivity (Wildman–Crippen MR) is 109 cm³/mol. The lowest BCUT2D eigenvalue weighted by molar-refractivity contribution is -0.111. The van der Waals surface area contributed by atoms with Crippen LogP contribution in [0.2, 0.25) is 0 Å². The van der Waals surface area contributed by atoms with Gasteiger partial charge in [-0.3, -0.25) is 4.79 Å². The highest BCUT2D eigenvalue weighted by Gasteiger charge is 2.07. The van der Waals surface area contributed by atoms with Gasteiger partial charge in [-0.05, 0) is 29.8 Å². The number of ether oxygens (including phenoxy) is 2. The van der Waals surface area contributed by atoms with Gasteiger partial charge in [0.1, 0.15) is 11.5 Å². The molecule has 0 unspecified atom stereocenters. The monoisotopic (exact) mass is 359 g/mol. The zero-order valence-electron chi connectivity index (χ0n) is 15.3. The van der Waals surface area contributed by atoms with Crippen molar-refractivity contribution in [3.8, 4) is 22.6 Å². The maximum Gasteiger partial charge on any atom is 0.248 e. The zero-order valence-corrected chi connectivity index (χ0v) is 15.3. The molecule has 4 heteroatoms. The Bertz CT molecular complexity index is 949. The second-order valence-corrected chi connectivity index (χ2v) is 5.84. The molecule has 4 nitrogen and oxygen atoms in total. The Hall–Kier alpha value is -3.53. The average molecular weight is 359 g/mol. The minimum atomic E-state index is -0.212. The van der Waals surface area contributed by atoms with Crippen molar-refractivity contribution in [2.45, 2.75) is 0 Å². The van der Waals surface area contributed by atoms with Crippen molar-refractivity contribution in [3.05, 3.63) is 84.4 Å². The summed E-state index contributed by atoms with van der Waals surface area (Å²) >= 11 is 0. The van der Waals surface area contributed by atoms with Crippen LogP contribution in [0.15, 0.2) is 78.9 Å². The van der Waals surface area contributed by atoms with Gasteiger partial charge < -0.3 is 14.8 Å². The lowest BCUT2D eigenvalue weighted by Gasteiger charge is -2.10. The first-order chi connectivity index (χ1) is 13.2. The topological polar surface area (TPSA) is 47.6 Å². The van der Waals surface area contributed by atoms with Crippen molar-refractivity contribution in [1.82, 2.24) is 0 Å². The third-order valence-corrected chi connectivity index (χ3v) is 4.12. The Labute approximate surface area is 159 Å². The van der Waals surface area contributed by atoms with E-state index in [0.717, 1.165) is 22.4 Å². The van der Waals surface area contributed by atoms with Gasteiger partial charge in [0, 0.05) is 29.0 Å². The van der Waals surface area contributed by atoms with Crippen molar-refractivity contribution < 1.29 is 14.3 Å². The van der Waals surface area contributed by atoms with Crippen LogP contribution in [0, 0.1) is 0 Å². The fourth-order valence-corrected chi connectivity index (χ4v) is 2.76. The first-order valence-corrected chi connectivity index (χ1v) is 8.57. The Kier molecular flexibility index (Phi) is 5.90. The van der Waals surface area contributed by atoms with Gasteiger partial charge in [0.2, 0.25) is 5.91 Å². The van der Waals surface area contributed by atoms with Crippen LogP contribution < -0.4 is 14.8 Å². The number of amides is 1. The molecule has 0 aliphatic rings. The molecule has 0 fully saturated rings. The molecule has 0 saturated heterocycles. The molecule has 3 aromatic carbocycles. The molecule has 0 radical (unpaired) electrons. The van der Waals surface area contributed by atoms with Gasteiger partial charge in [-0.2, -0.15) is 0 Å². The summed E-state index contributed by atoms with van der Waals surface area (Å²) in [6, 6.07) is 23.1. The third kappa shape index (κ3) is 4.55. The minimum Gasteiger partial charge on any atom is -0.497 e. The molecule has 0 spiro atoms. The second-order valence-electron chi connectivity index (χ2n) is 5.84. The van der Waals surface area contributed by atoms with Gasteiger partial charge >= 0.3 is 0 Å². The number of benzene rings is 3. The largest absolute Gasteiger partial charge is 0.497 e. The molecule has 0 bridgehead atoms. The minimum absolute atomic E-state index is 0.212. The molecule has 3 rings (SSSR count). The van der Waals surface area contributed by atoms with Crippen LogP contribution in [-0.2, 0) is 4.79 Å². The van der Waals surface area contributed by atoms with E-state index >= 15 is 0 Å². The van der Waals surface area contributed by atoms with Crippen LogP contribution in [0.1, 0.15) is 5.56 Å². The summed E-state index contributed by atoms with van der Waals surface area (Å²) in [7, 11) is 3.18. The molecule has 3 aromatic rings. The number of carbonyl (C=O) groups is 1. The summed E-state index contributed by atoms with van der Waals surface area (Å²) in [6.45, 7) is 0. The van der Waals surface area contributed by atoms with Crippen molar-refractivity contribution in [2.75, 3.05) is 19.5 Å². The van der Waals surface area contributed by atoms with Gasteiger partial charge in [-0.25, -0.2) is 0 Å². The average Bonchev–Trinajstić information content (AvgIpc) is 2.73. The van der Waals surface area contributed by atoms with Crippen LogP contribution in [0.3, 0.4) is 0 Å². The number of carbonyl (C=O) groups excluding carboxylic acids is 1. The lowest BCUT2D eigenvalue weighted by Crippen LogP contribution is -2.08. The molecule has 0 aliphatic heterocycles. The number of hydrogen-bond acceptors (Lipinski definition) is 3. The smallest absolute Gasteiger partial charge is 0.248 e. The second kappa shape index (κ2) is 8.72. The van der Waals surface area contributed by atoms with Gasteiger partial charge in [-0.15, -0.1) is 0 Å². The molecule has 0 saturated carbocycles. The molecule has 0 heterocycles. The fourth-order valence-electron chi connectivity index (χ4n) is 2.76. The predicted octanol–water partition coefficient (Wildman–Crippen LogP) is 5.02. The first-order valence-electron chi connectivity index (χ1n) is 8.57. The van der Waals surface area contributed by atoms with E-state index in [4.69, 9.17) is 9.47 Å². The van der Waals surface area contributed by atoms with E-state index in [2.05, 4.69) is 5.32 Å². The maximum absolute atomic E-state index is 12.4. The molecule has 1 N–H and O–H groups in total. The number of hydrogen-bond donors (Lipinski definition) is 1. The molecule has 0 aromatic heterocycles. The quantitative estimate of drug-likeness (QED) is 0.629. The van der Waals surface area contributed by atoms with E-state index in [9.17, 15) is 4.79 Å². The van der Waals surface area contributed by atoms with E-state index in [1.807, 2.05) is 66.7 Å². The fraction of sp³-hybridized carbons (Fsp3) is 0.0870. The SMILES string of the molecule is COc1ccc(/C=C/C(=O)Nc2ccccc2-c2ccccc2)c(OC)c1. The van der Waals surface area contributed by atoms with Crippen molar-refractivity contribution in [1.29, 1.82) is 0 Å². The summed E-state index contributed by atoms with van der Waals surface area (Å²) in [4.78, 5) is 12.4. The number of nitrogens with one attached hydrogen (secondary N) is 1. The van der Waals surface area contributed by atoms with Crippen molar-refractivity contribution >= 4 is 17.7 Å². The van der Waals surface area contributed by atoms with E-state index < -0.39 is 0 Å².